The van der Waals surface area contributed by atoms with Crippen LogP contribution in [0.25, 0.3) is 0 Å². The summed E-state index contributed by atoms with van der Waals surface area (Å²) in [5.74, 6) is 0.220. The van der Waals surface area contributed by atoms with E-state index >= 15 is 0 Å². The largest absolute Gasteiger partial charge is 0.497 e. The van der Waals surface area contributed by atoms with Gasteiger partial charge in [-0.15, -0.1) is 0 Å². The second kappa shape index (κ2) is 8.97. The molecule has 0 N–H and O–H groups in total. The standard InChI is InChI=1S/C15H20O6/c1-11(2)8-20-14(16)9-19-10-15(17)21-13-6-4-12(18-3)5-7-13/h4-7,11H,8-10H2,1-3H3. The van der Waals surface area contributed by atoms with E-state index in [9.17, 15) is 9.59 Å². The summed E-state index contributed by atoms with van der Waals surface area (Å²) in [6.45, 7) is 3.60. The van der Waals surface area contributed by atoms with Gasteiger partial charge < -0.3 is 18.9 Å². The van der Waals surface area contributed by atoms with Crippen molar-refractivity contribution in [3.8, 4) is 11.5 Å². The Hall–Kier alpha value is -2.08. The summed E-state index contributed by atoms with van der Waals surface area (Å²) in [6.07, 6.45) is 0. The van der Waals surface area contributed by atoms with Gasteiger partial charge in [-0.25, -0.2) is 9.59 Å². The highest BCUT2D eigenvalue weighted by Crippen LogP contribution is 2.16. The second-order valence-corrected chi connectivity index (χ2v) is 4.72. The van der Waals surface area contributed by atoms with Gasteiger partial charge in [0.2, 0.25) is 0 Å². The lowest BCUT2D eigenvalue weighted by Gasteiger charge is -2.08. The Balaban J connectivity index is 2.23. The van der Waals surface area contributed by atoms with Crippen molar-refractivity contribution in [2.45, 2.75) is 13.8 Å². The molecule has 0 aliphatic rings. The zero-order chi connectivity index (χ0) is 15.7. The predicted octanol–water partition coefficient (Wildman–Crippen LogP) is 1.82. The summed E-state index contributed by atoms with van der Waals surface area (Å²) in [7, 11) is 1.55. The van der Waals surface area contributed by atoms with Crippen molar-refractivity contribution in [1.82, 2.24) is 0 Å². The lowest BCUT2D eigenvalue weighted by Crippen LogP contribution is -2.21. The fourth-order valence-electron chi connectivity index (χ4n) is 1.32. The third kappa shape index (κ3) is 7.31. The average Bonchev–Trinajstić information content (AvgIpc) is 2.46. The Morgan fingerprint density at radius 3 is 2.14 bits per heavy atom. The fourth-order valence-corrected chi connectivity index (χ4v) is 1.32. The molecule has 0 atom stereocenters. The lowest BCUT2D eigenvalue weighted by atomic mass is 10.2. The van der Waals surface area contributed by atoms with Gasteiger partial charge in [0.25, 0.3) is 0 Å². The van der Waals surface area contributed by atoms with E-state index in [0.717, 1.165) is 0 Å². The maximum atomic E-state index is 11.5. The number of hydrogen-bond donors (Lipinski definition) is 0. The minimum absolute atomic E-state index is 0.258. The van der Waals surface area contributed by atoms with Crippen molar-refractivity contribution in [1.29, 1.82) is 0 Å². The summed E-state index contributed by atoms with van der Waals surface area (Å²) in [4.78, 5) is 22.7. The van der Waals surface area contributed by atoms with Crippen LogP contribution in [0.2, 0.25) is 0 Å². The lowest BCUT2D eigenvalue weighted by molar-refractivity contribution is -0.152. The predicted molar refractivity (Wildman–Crippen MR) is 75.2 cm³/mol. The van der Waals surface area contributed by atoms with Gasteiger partial charge in [-0.3, -0.25) is 0 Å². The first-order valence-electron chi connectivity index (χ1n) is 6.59. The molecular formula is C15H20O6. The number of benzene rings is 1. The maximum Gasteiger partial charge on any atom is 0.337 e. The van der Waals surface area contributed by atoms with E-state index in [4.69, 9.17) is 18.9 Å². The Morgan fingerprint density at radius 1 is 1.00 bits per heavy atom. The van der Waals surface area contributed by atoms with Crippen LogP contribution in [0.3, 0.4) is 0 Å². The minimum Gasteiger partial charge on any atom is -0.497 e. The zero-order valence-electron chi connectivity index (χ0n) is 12.5. The van der Waals surface area contributed by atoms with Crippen molar-refractivity contribution < 1.29 is 28.5 Å². The Labute approximate surface area is 123 Å². The first-order valence-corrected chi connectivity index (χ1v) is 6.59. The van der Waals surface area contributed by atoms with E-state index in [1.165, 1.54) is 0 Å². The highest BCUT2D eigenvalue weighted by molar-refractivity contribution is 5.75. The molecule has 6 heteroatoms. The van der Waals surface area contributed by atoms with Crippen LogP contribution in [0.4, 0.5) is 0 Å². The van der Waals surface area contributed by atoms with Crippen LogP contribution >= 0.6 is 0 Å². The molecule has 0 aromatic heterocycles. The van der Waals surface area contributed by atoms with E-state index in [1.54, 1.807) is 31.4 Å². The number of ether oxygens (including phenoxy) is 4. The molecule has 0 bridgehead atoms. The number of methoxy groups -OCH3 is 1. The van der Waals surface area contributed by atoms with Crippen molar-refractivity contribution in [3.05, 3.63) is 24.3 Å². The molecule has 21 heavy (non-hydrogen) atoms. The van der Waals surface area contributed by atoms with Crippen molar-refractivity contribution in [2.75, 3.05) is 26.9 Å². The molecule has 1 aromatic carbocycles. The van der Waals surface area contributed by atoms with Crippen molar-refractivity contribution in [2.24, 2.45) is 5.92 Å². The van der Waals surface area contributed by atoms with E-state index in [0.29, 0.717) is 18.1 Å². The van der Waals surface area contributed by atoms with Gasteiger partial charge in [-0.1, -0.05) is 13.8 Å². The Bertz CT molecular complexity index is 452. The molecule has 0 saturated heterocycles. The van der Waals surface area contributed by atoms with E-state index < -0.39 is 11.9 Å². The van der Waals surface area contributed by atoms with Crippen molar-refractivity contribution in [3.63, 3.8) is 0 Å². The number of carbonyl (C=O) groups excluding carboxylic acids is 2. The maximum absolute atomic E-state index is 11.5. The Morgan fingerprint density at radius 2 is 1.57 bits per heavy atom. The Kier molecular flexibility index (Phi) is 7.25. The second-order valence-electron chi connectivity index (χ2n) is 4.72. The minimum atomic E-state index is -0.586. The normalized spacial score (nSPS) is 10.3. The van der Waals surface area contributed by atoms with Gasteiger partial charge in [-0.2, -0.15) is 0 Å². The van der Waals surface area contributed by atoms with Crippen LogP contribution < -0.4 is 9.47 Å². The van der Waals surface area contributed by atoms with Gasteiger partial charge in [-0.05, 0) is 30.2 Å². The molecule has 6 nitrogen and oxygen atoms in total. The molecular weight excluding hydrogens is 276 g/mol. The zero-order valence-corrected chi connectivity index (χ0v) is 12.5. The van der Waals surface area contributed by atoms with Gasteiger partial charge in [0.15, 0.2) is 0 Å². The molecule has 0 unspecified atom stereocenters. The summed E-state index contributed by atoms with van der Waals surface area (Å²) in [5.41, 5.74) is 0. The number of esters is 2. The topological polar surface area (TPSA) is 71.1 Å². The summed E-state index contributed by atoms with van der Waals surface area (Å²) in [6, 6.07) is 6.56. The summed E-state index contributed by atoms with van der Waals surface area (Å²) in [5, 5.41) is 0. The molecule has 116 valence electrons. The third-order valence-electron chi connectivity index (χ3n) is 2.31. The average molecular weight is 296 g/mol. The number of carbonyl (C=O) groups is 2. The molecule has 0 radical (unpaired) electrons. The van der Waals surface area contributed by atoms with Gasteiger partial charge >= 0.3 is 11.9 Å². The van der Waals surface area contributed by atoms with E-state index in [2.05, 4.69) is 0 Å². The first kappa shape index (κ1) is 17.0. The summed E-state index contributed by atoms with van der Waals surface area (Å²) < 4.78 is 19.8. The number of hydrogen-bond acceptors (Lipinski definition) is 6. The van der Waals surface area contributed by atoms with E-state index in [1.807, 2.05) is 13.8 Å². The smallest absolute Gasteiger partial charge is 0.337 e. The molecule has 0 aliphatic carbocycles. The van der Waals surface area contributed by atoms with Gasteiger partial charge in [0.1, 0.15) is 24.7 Å². The molecule has 0 spiro atoms. The molecule has 0 heterocycles. The molecule has 1 rings (SSSR count). The summed E-state index contributed by atoms with van der Waals surface area (Å²) >= 11 is 0. The van der Waals surface area contributed by atoms with Gasteiger partial charge in [0, 0.05) is 0 Å². The third-order valence-corrected chi connectivity index (χ3v) is 2.31. The van der Waals surface area contributed by atoms with Crippen molar-refractivity contribution >= 4 is 11.9 Å². The highest BCUT2D eigenvalue weighted by Gasteiger charge is 2.09. The molecule has 0 aliphatic heterocycles. The highest BCUT2D eigenvalue weighted by atomic mass is 16.6. The molecule has 0 amide bonds. The number of rotatable bonds is 8. The fraction of sp³-hybridized carbons (Fsp3) is 0.467. The monoisotopic (exact) mass is 296 g/mol. The molecule has 0 fully saturated rings. The quantitative estimate of drug-likeness (QED) is 0.538. The van der Waals surface area contributed by atoms with Crippen LogP contribution in [0, 0.1) is 5.92 Å². The van der Waals surface area contributed by atoms with Crippen LogP contribution in [0.1, 0.15) is 13.8 Å². The van der Waals surface area contributed by atoms with Crippen LogP contribution in [0.15, 0.2) is 24.3 Å². The van der Waals surface area contributed by atoms with Crippen LogP contribution in [-0.2, 0) is 19.1 Å². The SMILES string of the molecule is COc1ccc(OC(=O)COCC(=O)OCC(C)C)cc1. The van der Waals surface area contributed by atoms with E-state index in [-0.39, 0.29) is 19.1 Å². The molecule has 0 saturated carbocycles. The first-order chi connectivity index (χ1) is 10.0. The molecule has 1 aromatic rings. The van der Waals surface area contributed by atoms with Gasteiger partial charge in [0.05, 0.1) is 13.7 Å². The van der Waals surface area contributed by atoms with Crippen LogP contribution in [0.5, 0.6) is 11.5 Å². The van der Waals surface area contributed by atoms with Crippen LogP contribution in [-0.4, -0.2) is 38.9 Å².